The van der Waals surface area contributed by atoms with Crippen LogP contribution < -0.4 is 10.2 Å². The van der Waals surface area contributed by atoms with Gasteiger partial charge < -0.3 is 10.1 Å². The lowest BCUT2D eigenvalue weighted by Crippen LogP contribution is -2.43. The molecule has 1 aromatic carbocycles. The van der Waals surface area contributed by atoms with E-state index in [9.17, 15) is 9.59 Å². The minimum Gasteiger partial charge on any atom is -0.375 e. The summed E-state index contributed by atoms with van der Waals surface area (Å²) >= 11 is 0. The molecule has 1 aliphatic heterocycles. The Hall–Kier alpha value is -1.88. The molecule has 5 heteroatoms. The van der Waals surface area contributed by atoms with Crippen molar-refractivity contribution in [3.63, 3.8) is 0 Å². The summed E-state index contributed by atoms with van der Waals surface area (Å²) in [5, 5.41) is 2.71. The molecule has 1 aliphatic rings. The van der Waals surface area contributed by atoms with E-state index in [1.54, 1.807) is 12.1 Å². The first-order valence-corrected chi connectivity index (χ1v) is 4.90. The van der Waals surface area contributed by atoms with Gasteiger partial charge in [-0.2, -0.15) is 0 Å². The van der Waals surface area contributed by atoms with E-state index >= 15 is 0 Å². The fourth-order valence-electron chi connectivity index (χ4n) is 1.66. The number of rotatable bonds is 2. The van der Waals surface area contributed by atoms with Crippen molar-refractivity contribution in [2.75, 3.05) is 30.5 Å². The van der Waals surface area contributed by atoms with Gasteiger partial charge in [0.1, 0.15) is 13.2 Å². The van der Waals surface area contributed by atoms with Crippen LogP contribution in [-0.2, 0) is 14.3 Å². The van der Waals surface area contributed by atoms with Crippen LogP contribution in [0.3, 0.4) is 0 Å². The number of ether oxygens (including phenoxy) is 1. The molecule has 0 aromatic heterocycles. The summed E-state index contributed by atoms with van der Waals surface area (Å²) < 4.78 is 4.78. The maximum Gasteiger partial charge on any atom is 0.253 e. The Morgan fingerprint density at radius 2 is 2.25 bits per heavy atom. The molecule has 2 rings (SSSR count). The second-order valence-electron chi connectivity index (χ2n) is 3.48. The summed E-state index contributed by atoms with van der Waals surface area (Å²) in [5.74, 6) is -0.409. The molecular weight excluding hydrogens is 208 g/mol. The summed E-state index contributed by atoms with van der Waals surface area (Å²) in [6.07, 6.45) is 0. The fourth-order valence-corrected chi connectivity index (χ4v) is 1.66. The lowest BCUT2D eigenvalue weighted by molar-refractivity contribution is -0.124. The molecule has 0 saturated heterocycles. The molecule has 0 radical (unpaired) electrons. The highest BCUT2D eigenvalue weighted by Gasteiger charge is 2.25. The number of anilines is 2. The van der Waals surface area contributed by atoms with Gasteiger partial charge in [-0.1, -0.05) is 12.1 Å². The highest BCUT2D eigenvalue weighted by atomic mass is 16.5. The summed E-state index contributed by atoms with van der Waals surface area (Å²) in [5.41, 5.74) is 1.37. The number of fused-ring (bicyclic) bond motifs is 1. The molecule has 0 unspecified atom stereocenters. The molecule has 2 amide bonds. The molecule has 1 N–H and O–H groups in total. The molecule has 5 nitrogen and oxygen atoms in total. The summed E-state index contributed by atoms with van der Waals surface area (Å²) in [6, 6.07) is 7.19. The molecule has 0 saturated carbocycles. The predicted octanol–water partition coefficient (Wildman–Crippen LogP) is 0.618. The average Bonchev–Trinajstić information content (AvgIpc) is 2.28. The summed E-state index contributed by atoms with van der Waals surface area (Å²) in [4.78, 5) is 24.6. The van der Waals surface area contributed by atoms with Gasteiger partial charge in [0.2, 0.25) is 5.91 Å². The van der Waals surface area contributed by atoms with Gasteiger partial charge in [-0.25, -0.2) is 0 Å². The van der Waals surface area contributed by atoms with Crippen molar-refractivity contribution in [1.82, 2.24) is 0 Å². The molecular formula is C11H12N2O3. The minimum atomic E-state index is -0.218. The zero-order chi connectivity index (χ0) is 11.5. The van der Waals surface area contributed by atoms with Crippen molar-refractivity contribution in [2.24, 2.45) is 0 Å². The summed E-state index contributed by atoms with van der Waals surface area (Å²) in [6.45, 7) is 0.0147. The third-order valence-electron chi connectivity index (χ3n) is 2.34. The molecule has 0 spiro atoms. The molecule has 1 heterocycles. The van der Waals surface area contributed by atoms with E-state index in [0.717, 1.165) is 0 Å². The fraction of sp³-hybridized carbons (Fsp3) is 0.273. The lowest BCUT2D eigenvalue weighted by atomic mass is 10.2. The monoisotopic (exact) mass is 220 g/mol. The number of nitrogens with one attached hydrogen (secondary N) is 1. The van der Waals surface area contributed by atoms with E-state index in [0.29, 0.717) is 11.4 Å². The molecule has 0 fully saturated rings. The Labute approximate surface area is 93.0 Å². The number of nitrogens with zero attached hydrogens (tertiary/aromatic N) is 1. The van der Waals surface area contributed by atoms with E-state index in [1.165, 1.54) is 12.0 Å². The predicted molar refractivity (Wildman–Crippen MR) is 59.3 cm³/mol. The topological polar surface area (TPSA) is 58.6 Å². The zero-order valence-corrected chi connectivity index (χ0v) is 8.90. The van der Waals surface area contributed by atoms with Gasteiger partial charge in [-0.05, 0) is 12.1 Å². The molecule has 0 atom stereocenters. The first-order valence-electron chi connectivity index (χ1n) is 4.90. The maximum atomic E-state index is 11.7. The van der Waals surface area contributed by atoms with E-state index in [1.807, 2.05) is 12.1 Å². The Kier molecular flexibility index (Phi) is 2.87. The van der Waals surface area contributed by atoms with E-state index in [2.05, 4.69) is 5.32 Å². The Morgan fingerprint density at radius 3 is 3.00 bits per heavy atom. The lowest BCUT2D eigenvalue weighted by Gasteiger charge is -2.28. The second kappa shape index (κ2) is 4.32. The van der Waals surface area contributed by atoms with Crippen LogP contribution in [0.15, 0.2) is 24.3 Å². The van der Waals surface area contributed by atoms with Crippen molar-refractivity contribution < 1.29 is 14.3 Å². The standard InChI is InChI=1S/C11H12N2O3/c1-16-7-11(15)13-6-10(14)12-8-4-2-3-5-9(8)13/h2-5H,6-7H2,1H3,(H,12,14). The molecule has 16 heavy (non-hydrogen) atoms. The van der Waals surface area contributed by atoms with Crippen LogP contribution in [0.2, 0.25) is 0 Å². The van der Waals surface area contributed by atoms with Gasteiger partial charge in [-0.3, -0.25) is 14.5 Å². The largest absolute Gasteiger partial charge is 0.375 e. The second-order valence-corrected chi connectivity index (χ2v) is 3.48. The van der Waals surface area contributed by atoms with Crippen molar-refractivity contribution in [3.8, 4) is 0 Å². The third kappa shape index (κ3) is 1.90. The molecule has 84 valence electrons. The number of hydrogen-bond acceptors (Lipinski definition) is 3. The van der Waals surface area contributed by atoms with Crippen LogP contribution in [-0.4, -0.2) is 32.1 Å². The number of carbonyl (C=O) groups is 2. The van der Waals surface area contributed by atoms with Crippen molar-refractivity contribution in [1.29, 1.82) is 0 Å². The van der Waals surface area contributed by atoms with Gasteiger partial charge in [0.15, 0.2) is 0 Å². The SMILES string of the molecule is COCC(=O)N1CC(=O)Nc2ccccc21. The normalized spacial score (nSPS) is 14.3. The number of methoxy groups -OCH3 is 1. The van der Waals surface area contributed by atoms with Gasteiger partial charge in [0.25, 0.3) is 5.91 Å². The first-order chi connectivity index (χ1) is 7.72. The van der Waals surface area contributed by atoms with E-state index < -0.39 is 0 Å². The maximum absolute atomic E-state index is 11.7. The zero-order valence-electron chi connectivity index (χ0n) is 8.90. The Balaban J connectivity index is 2.33. The average molecular weight is 220 g/mol. The van der Waals surface area contributed by atoms with E-state index in [-0.39, 0.29) is 25.0 Å². The van der Waals surface area contributed by atoms with E-state index in [4.69, 9.17) is 4.74 Å². The summed E-state index contributed by atoms with van der Waals surface area (Å²) in [7, 11) is 1.45. The number of para-hydroxylation sites is 2. The van der Waals surface area contributed by atoms with Crippen LogP contribution in [0.5, 0.6) is 0 Å². The van der Waals surface area contributed by atoms with Gasteiger partial charge in [-0.15, -0.1) is 0 Å². The van der Waals surface area contributed by atoms with Crippen molar-refractivity contribution in [2.45, 2.75) is 0 Å². The number of hydrogen-bond donors (Lipinski definition) is 1. The Bertz CT molecular complexity index is 431. The number of amides is 2. The molecule has 0 bridgehead atoms. The quantitative estimate of drug-likeness (QED) is 0.794. The number of benzene rings is 1. The first kappa shape index (κ1) is 10.6. The van der Waals surface area contributed by atoms with Crippen molar-refractivity contribution >= 4 is 23.2 Å². The van der Waals surface area contributed by atoms with Crippen LogP contribution in [0, 0.1) is 0 Å². The van der Waals surface area contributed by atoms with Crippen LogP contribution in [0.4, 0.5) is 11.4 Å². The van der Waals surface area contributed by atoms with Crippen LogP contribution >= 0.6 is 0 Å². The smallest absolute Gasteiger partial charge is 0.253 e. The van der Waals surface area contributed by atoms with Gasteiger partial charge >= 0.3 is 0 Å². The molecule has 1 aromatic rings. The van der Waals surface area contributed by atoms with Gasteiger partial charge in [0, 0.05) is 7.11 Å². The van der Waals surface area contributed by atoms with Gasteiger partial charge in [0.05, 0.1) is 11.4 Å². The Morgan fingerprint density at radius 1 is 1.50 bits per heavy atom. The third-order valence-corrected chi connectivity index (χ3v) is 2.34. The molecule has 0 aliphatic carbocycles. The van der Waals surface area contributed by atoms with Crippen molar-refractivity contribution in [3.05, 3.63) is 24.3 Å². The highest BCUT2D eigenvalue weighted by Crippen LogP contribution is 2.28. The minimum absolute atomic E-state index is 0.0262. The van der Waals surface area contributed by atoms with Crippen LogP contribution in [0.1, 0.15) is 0 Å². The number of carbonyl (C=O) groups excluding carboxylic acids is 2. The highest BCUT2D eigenvalue weighted by molar-refractivity contribution is 6.10. The van der Waals surface area contributed by atoms with Crippen LogP contribution in [0.25, 0.3) is 0 Å².